The lowest BCUT2D eigenvalue weighted by molar-refractivity contribution is -0.137. The van der Waals surface area contributed by atoms with E-state index in [1.165, 1.54) is 0 Å². The van der Waals surface area contributed by atoms with Crippen LogP contribution in [0, 0.1) is 0 Å². The van der Waals surface area contributed by atoms with Gasteiger partial charge >= 0.3 is 5.97 Å². The first-order chi connectivity index (χ1) is 9.12. The number of methoxy groups -OCH3 is 3. The van der Waals surface area contributed by atoms with E-state index in [0.717, 1.165) is 18.4 Å². The van der Waals surface area contributed by atoms with Crippen molar-refractivity contribution in [3.05, 3.63) is 17.7 Å². The first-order valence-corrected chi connectivity index (χ1v) is 6.13. The highest BCUT2D eigenvalue weighted by molar-refractivity contribution is 5.66. The second kappa shape index (κ2) is 7.51. The molecule has 0 unspecified atom stereocenters. The van der Waals surface area contributed by atoms with Crippen molar-refractivity contribution in [1.82, 2.24) is 0 Å². The number of benzene rings is 1. The van der Waals surface area contributed by atoms with E-state index in [0.29, 0.717) is 23.7 Å². The van der Waals surface area contributed by atoms with E-state index in [2.05, 4.69) is 0 Å². The van der Waals surface area contributed by atoms with Gasteiger partial charge in [0, 0.05) is 6.42 Å². The van der Waals surface area contributed by atoms with Gasteiger partial charge in [0.05, 0.1) is 21.3 Å². The number of aliphatic carboxylic acids is 1. The van der Waals surface area contributed by atoms with Crippen molar-refractivity contribution in [2.45, 2.75) is 25.7 Å². The fourth-order valence-corrected chi connectivity index (χ4v) is 1.89. The van der Waals surface area contributed by atoms with Crippen LogP contribution in [-0.2, 0) is 11.2 Å². The van der Waals surface area contributed by atoms with E-state index in [-0.39, 0.29) is 6.42 Å². The summed E-state index contributed by atoms with van der Waals surface area (Å²) in [6.07, 6.45) is 2.45. The molecular formula is C14H20O5. The number of carbonyl (C=O) groups is 1. The number of ether oxygens (including phenoxy) is 3. The summed E-state index contributed by atoms with van der Waals surface area (Å²) >= 11 is 0. The van der Waals surface area contributed by atoms with Gasteiger partial charge in [-0.15, -0.1) is 0 Å². The molecule has 0 amide bonds. The number of rotatable bonds is 8. The molecule has 0 atom stereocenters. The summed E-state index contributed by atoms with van der Waals surface area (Å²) in [6.45, 7) is 0. The Morgan fingerprint density at radius 3 is 2.05 bits per heavy atom. The molecule has 0 saturated heterocycles. The third-order valence-corrected chi connectivity index (χ3v) is 2.83. The first-order valence-electron chi connectivity index (χ1n) is 6.13. The van der Waals surface area contributed by atoms with Crippen molar-refractivity contribution in [2.75, 3.05) is 21.3 Å². The topological polar surface area (TPSA) is 65.0 Å². The highest BCUT2D eigenvalue weighted by atomic mass is 16.5. The largest absolute Gasteiger partial charge is 0.493 e. The van der Waals surface area contributed by atoms with Crippen molar-refractivity contribution < 1.29 is 24.1 Å². The molecule has 5 nitrogen and oxygen atoms in total. The number of unbranched alkanes of at least 4 members (excludes halogenated alkanes) is 1. The van der Waals surface area contributed by atoms with Crippen LogP contribution in [-0.4, -0.2) is 32.4 Å². The molecule has 1 aromatic carbocycles. The van der Waals surface area contributed by atoms with Crippen LogP contribution < -0.4 is 14.2 Å². The van der Waals surface area contributed by atoms with Crippen LogP contribution in [0.4, 0.5) is 0 Å². The summed E-state index contributed by atoms with van der Waals surface area (Å²) in [5.74, 6) is 1.05. The average Bonchev–Trinajstić information content (AvgIpc) is 2.42. The van der Waals surface area contributed by atoms with Gasteiger partial charge in [-0.3, -0.25) is 4.79 Å². The Morgan fingerprint density at radius 1 is 1.05 bits per heavy atom. The summed E-state index contributed by atoms with van der Waals surface area (Å²) in [7, 11) is 4.71. The van der Waals surface area contributed by atoms with E-state index >= 15 is 0 Å². The third kappa shape index (κ3) is 4.35. The number of hydrogen-bond acceptors (Lipinski definition) is 4. The molecule has 106 valence electrons. The zero-order valence-electron chi connectivity index (χ0n) is 11.6. The van der Waals surface area contributed by atoms with Gasteiger partial charge in [0.1, 0.15) is 0 Å². The Labute approximate surface area is 113 Å². The maximum atomic E-state index is 10.4. The molecule has 0 fully saturated rings. The maximum absolute atomic E-state index is 10.4. The van der Waals surface area contributed by atoms with Crippen molar-refractivity contribution in [3.63, 3.8) is 0 Å². The quantitative estimate of drug-likeness (QED) is 0.734. The van der Waals surface area contributed by atoms with Crippen LogP contribution in [0.25, 0.3) is 0 Å². The fraction of sp³-hybridized carbons (Fsp3) is 0.500. The molecule has 0 saturated carbocycles. The molecule has 19 heavy (non-hydrogen) atoms. The Hall–Kier alpha value is -1.91. The number of hydrogen-bond donors (Lipinski definition) is 1. The summed E-state index contributed by atoms with van der Waals surface area (Å²) in [5, 5.41) is 8.59. The summed E-state index contributed by atoms with van der Waals surface area (Å²) in [4.78, 5) is 10.4. The summed E-state index contributed by atoms with van der Waals surface area (Å²) in [6, 6.07) is 3.78. The molecule has 0 spiro atoms. The number of carboxylic acids is 1. The van der Waals surface area contributed by atoms with Crippen LogP contribution in [0.1, 0.15) is 24.8 Å². The van der Waals surface area contributed by atoms with Gasteiger partial charge in [0.15, 0.2) is 11.5 Å². The van der Waals surface area contributed by atoms with E-state index < -0.39 is 5.97 Å². The normalized spacial score (nSPS) is 10.1. The highest BCUT2D eigenvalue weighted by Crippen LogP contribution is 2.38. The molecule has 0 aromatic heterocycles. The molecule has 0 aliphatic heterocycles. The SMILES string of the molecule is COc1cc(CCCCC(=O)O)cc(OC)c1OC. The summed E-state index contributed by atoms with van der Waals surface area (Å²) in [5.41, 5.74) is 1.04. The van der Waals surface area contributed by atoms with Crippen molar-refractivity contribution in [1.29, 1.82) is 0 Å². The van der Waals surface area contributed by atoms with Crippen LogP contribution in [0.5, 0.6) is 17.2 Å². The Morgan fingerprint density at radius 2 is 1.63 bits per heavy atom. The zero-order valence-corrected chi connectivity index (χ0v) is 11.6. The molecule has 1 N–H and O–H groups in total. The smallest absolute Gasteiger partial charge is 0.303 e. The minimum absolute atomic E-state index is 0.199. The first kappa shape index (κ1) is 15.1. The third-order valence-electron chi connectivity index (χ3n) is 2.83. The monoisotopic (exact) mass is 268 g/mol. The highest BCUT2D eigenvalue weighted by Gasteiger charge is 2.12. The van der Waals surface area contributed by atoms with E-state index in [1.54, 1.807) is 21.3 Å². The second-order valence-corrected chi connectivity index (χ2v) is 4.13. The van der Waals surface area contributed by atoms with Crippen molar-refractivity contribution in [3.8, 4) is 17.2 Å². The van der Waals surface area contributed by atoms with Gasteiger partial charge in [-0.05, 0) is 37.0 Å². The lowest BCUT2D eigenvalue weighted by Crippen LogP contribution is -1.98. The van der Waals surface area contributed by atoms with E-state index in [4.69, 9.17) is 19.3 Å². The van der Waals surface area contributed by atoms with Crippen molar-refractivity contribution in [2.24, 2.45) is 0 Å². The second-order valence-electron chi connectivity index (χ2n) is 4.13. The van der Waals surface area contributed by atoms with Crippen LogP contribution in [0.15, 0.2) is 12.1 Å². The molecule has 1 aromatic rings. The van der Waals surface area contributed by atoms with Gasteiger partial charge in [0.25, 0.3) is 0 Å². The number of carboxylic acid groups (broad SMARTS) is 1. The maximum Gasteiger partial charge on any atom is 0.303 e. The molecule has 0 aliphatic carbocycles. The molecular weight excluding hydrogens is 248 g/mol. The van der Waals surface area contributed by atoms with Gasteiger partial charge in [-0.25, -0.2) is 0 Å². The van der Waals surface area contributed by atoms with Crippen LogP contribution >= 0.6 is 0 Å². The van der Waals surface area contributed by atoms with Gasteiger partial charge < -0.3 is 19.3 Å². The molecule has 0 bridgehead atoms. The number of aryl methyl sites for hydroxylation is 1. The fourth-order valence-electron chi connectivity index (χ4n) is 1.89. The van der Waals surface area contributed by atoms with E-state index in [9.17, 15) is 4.79 Å². The molecule has 0 radical (unpaired) electrons. The lowest BCUT2D eigenvalue weighted by Gasteiger charge is -2.14. The van der Waals surface area contributed by atoms with Crippen molar-refractivity contribution >= 4 is 5.97 Å². The lowest BCUT2D eigenvalue weighted by atomic mass is 10.1. The van der Waals surface area contributed by atoms with Crippen LogP contribution in [0.3, 0.4) is 0 Å². The standard InChI is InChI=1S/C14H20O5/c1-17-11-8-10(6-4-5-7-13(15)16)9-12(18-2)14(11)19-3/h8-9H,4-7H2,1-3H3,(H,15,16). The molecule has 0 heterocycles. The minimum atomic E-state index is -0.759. The van der Waals surface area contributed by atoms with E-state index in [1.807, 2.05) is 12.1 Å². The van der Waals surface area contributed by atoms with Gasteiger partial charge in [0.2, 0.25) is 5.75 Å². The summed E-state index contributed by atoms with van der Waals surface area (Å²) < 4.78 is 15.8. The Bertz CT molecular complexity index is 403. The molecule has 0 aliphatic rings. The Balaban J connectivity index is 2.76. The predicted octanol–water partition coefficient (Wildman–Crippen LogP) is 2.51. The van der Waals surface area contributed by atoms with Gasteiger partial charge in [-0.2, -0.15) is 0 Å². The average molecular weight is 268 g/mol. The van der Waals surface area contributed by atoms with Gasteiger partial charge in [-0.1, -0.05) is 0 Å². The zero-order chi connectivity index (χ0) is 14.3. The molecule has 5 heteroatoms. The molecule has 1 rings (SSSR count). The van der Waals surface area contributed by atoms with Crippen LogP contribution in [0.2, 0.25) is 0 Å². The Kier molecular flexibility index (Phi) is 5.99. The minimum Gasteiger partial charge on any atom is -0.493 e. The predicted molar refractivity (Wildman–Crippen MR) is 71.3 cm³/mol.